The Bertz CT molecular complexity index is 1050. The smallest absolute Gasteiger partial charge is 1.00 e. The van der Waals surface area contributed by atoms with Crippen LogP contribution in [0.2, 0.25) is 0 Å². The minimum absolute atomic E-state index is 0. The van der Waals surface area contributed by atoms with Gasteiger partial charge in [-0.25, -0.2) is 4.79 Å². The number of ketones is 1. The summed E-state index contributed by atoms with van der Waals surface area (Å²) < 4.78 is 4.97. The molecule has 0 aliphatic carbocycles. The number of ether oxygens (including phenoxy) is 1. The molecule has 16 heteroatoms. The molecule has 0 radical (unpaired) electrons. The summed E-state index contributed by atoms with van der Waals surface area (Å²) in [7, 11) is 0. The molecule has 360 valence electrons. The normalized spacial score (nSPS) is 15.6. The van der Waals surface area contributed by atoms with Gasteiger partial charge in [0.1, 0.15) is 48.1 Å². The molecule has 0 aliphatic rings. The number of Topliss-reactive ketones (excluding diaryl/α,β-unsaturated/α-hetero) is 1. The number of aliphatic hydroxyl groups is 10. The van der Waals surface area contributed by atoms with Crippen molar-refractivity contribution in [1.82, 2.24) is 0 Å². The predicted octanol–water partition coefficient (Wildman–Crippen LogP) is -0.541. The van der Waals surface area contributed by atoms with E-state index in [1.807, 2.05) is 0 Å². The number of esters is 2. The van der Waals surface area contributed by atoms with Crippen LogP contribution in [-0.2, 0) is 19.1 Å². The van der Waals surface area contributed by atoms with E-state index >= 15 is 0 Å². The van der Waals surface area contributed by atoms with Crippen molar-refractivity contribution >= 4 is 17.7 Å². The summed E-state index contributed by atoms with van der Waals surface area (Å²) in [5.41, 5.74) is -2.28. The maximum Gasteiger partial charge on any atom is 1.00 e. The average Bonchev–Trinajstić information content (AvgIpc) is 3.25. The molecule has 0 amide bonds. The number of hydrogen-bond donors (Lipinski definition) is 10. The summed E-state index contributed by atoms with van der Waals surface area (Å²) in [6, 6.07) is 0. The first-order valence-electron chi connectivity index (χ1n) is 23.7. The molecule has 14 nitrogen and oxygen atoms in total. The molecule has 0 aliphatic heterocycles. The van der Waals surface area contributed by atoms with Gasteiger partial charge in [0.25, 0.3) is 0 Å². The first-order chi connectivity index (χ1) is 28.8. The van der Waals surface area contributed by atoms with Crippen LogP contribution < -0.4 is 59.1 Å². The van der Waals surface area contributed by atoms with Crippen molar-refractivity contribution in [3.05, 3.63) is 0 Å². The van der Waals surface area contributed by atoms with E-state index in [1.165, 1.54) is 89.9 Å². The minimum Gasteiger partial charge on any atom is -1.00 e. The van der Waals surface area contributed by atoms with Crippen molar-refractivity contribution in [3.8, 4) is 0 Å². The Hall–Kier alpha value is 0.410. The Morgan fingerprint density at radius 3 is 0.952 bits per heavy atom. The Kier molecular flexibility index (Phi) is 46.0. The molecule has 0 bridgehead atoms. The van der Waals surface area contributed by atoms with Crippen molar-refractivity contribution < 1.29 is 132 Å². The number of carbonyl (C=O) groups is 3. The van der Waals surface area contributed by atoms with Gasteiger partial charge < -0.3 is 58.7 Å². The predicted molar refractivity (Wildman–Crippen MR) is 233 cm³/mol. The summed E-state index contributed by atoms with van der Waals surface area (Å²) in [6.45, 7) is 2.38. The van der Waals surface area contributed by atoms with Gasteiger partial charge in [0, 0.05) is 0 Å². The molecule has 10 N–H and O–H groups in total. The minimum atomic E-state index is -2.59. The van der Waals surface area contributed by atoms with Gasteiger partial charge in [-0.05, 0) is 12.8 Å². The topological polar surface area (TPSA) is 263 Å². The molecule has 0 unspecified atom stereocenters. The molecule has 0 saturated carbocycles. The number of hydrogen-bond acceptors (Lipinski definition) is 14. The molecule has 8 atom stereocenters. The zero-order valence-corrected chi connectivity index (χ0v) is 43.4. The Labute approximate surface area is 420 Å². The van der Waals surface area contributed by atoms with E-state index < -0.39 is 85.2 Å². The maximum atomic E-state index is 14.2. The summed E-state index contributed by atoms with van der Waals surface area (Å²) in [6.07, 6.45) is 10.6. The van der Waals surface area contributed by atoms with Gasteiger partial charge in [0.15, 0.2) is 11.9 Å². The van der Waals surface area contributed by atoms with Crippen LogP contribution in [0.3, 0.4) is 0 Å². The Balaban J connectivity index is -0.00000290. The first kappa shape index (κ1) is 66.7. The van der Waals surface area contributed by atoms with E-state index in [1.54, 1.807) is 0 Å². The fourth-order valence-corrected chi connectivity index (χ4v) is 7.79. The summed E-state index contributed by atoms with van der Waals surface area (Å²) in [5.74, 6) is -4.53. The Morgan fingerprint density at radius 2 is 0.677 bits per heavy atom. The van der Waals surface area contributed by atoms with Crippen molar-refractivity contribution in [2.45, 2.75) is 255 Å². The van der Waals surface area contributed by atoms with Crippen molar-refractivity contribution in [1.29, 1.82) is 0 Å². The molecule has 0 spiro atoms. The van der Waals surface area contributed by atoms with Crippen LogP contribution in [0, 0.1) is 5.41 Å². The van der Waals surface area contributed by atoms with E-state index in [2.05, 4.69) is 13.8 Å². The van der Waals surface area contributed by atoms with Crippen molar-refractivity contribution in [3.63, 3.8) is 0 Å². The third-order valence-electron chi connectivity index (χ3n) is 12.0. The molecule has 0 heterocycles. The fraction of sp³-hybridized carbons (Fsp3) is 0.935. The van der Waals surface area contributed by atoms with Crippen LogP contribution in [0.1, 0.15) is 209 Å². The largest absolute Gasteiger partial charge is 1.00 e. The van der Waals surface area contributed by atoms with Gasteiger partial charge in [-0.1, -0.05) is 194 Å². The maximum absolute atomic E-state index is 14.2. The van der Waals surface area contributed by atoms with Crippen LogP contribution in [0.25, 0.3) is 0 Å². The molecule has 0 aromatic carbocycles. The van der Waals surface area contributed by atoms with Gasteiger partial charge >= 0.3 is 71.1 Å². The molecular formula is C46H90Na2O14. The first-order valence-corrected chi connectivity index (χ1v) is 23.7. The quantitative estimate of drug-likeness (QED) is 0.0160. The molecule has 0 fully saturated rings. The van der Waals surface area contributed by atoms with Crippen LogP contribution in [0.15, 0.2) is 0 Å². The summed E-state index contributed by atoms with van der Waals surface area (Å²) in [4.78, 5) is 41.3. The summed E-state index contributed by atoms with van der Waals surface area (Å²) in [5, 5.41) is 101. The van der Waals surface area contributed by atoms with Crippen LogP contribution >= 0.6 is 0 Å². The van der Waals surface area contributed by atoms with E-state index in [-0.39, 0.29) is 87.7 Å². The van der Waals surface area contributed by atoms with Crippen LogP contribution in [0.5, 0.6) is 0 Å². The van der Waals surface area contributed by atoms with Crippen molar-refractivity contribution in [2.24, 2.45) is 5.41 Å². The number of unbranched alkanes of at least 4 members (excludes halogenated alkanes) is 26. The second kappa shape index (κ2) is 42.7. The van der Waals surface area contributed by atoms with Gasteiger partial charge in [-0.3, -0.25) is 9.59 Å². The van der Waals surface area contributed by atoms with E-state index in [0.29, 0.717) is 12.8 Å². The molecule has 0 aromatic heterocycles. The Morgan fingerprint density at radius 1 is 0.419 bits per heavy atom. The van der Waals surface area contributed by atoms with E-state index in [9.17, 15) is 60.3 Å². The number of carbonyl (C=O) groups excluding carboxylic acids is 3. The number of rotatable bonds is 42. The fourth-order valence-electron chi connectivity index (χ4n) is 7.79. The molecule has 0 rings (SSSR count). The zero-order chi connectivity index (χ0) is 45.2. The van der Waals surface area contributed by atoms with Gasteiger partial charge in [-0.2, -0.15) is 0 Å². The second-order valence-electron chi connectivity index (χ2n) is 17.2. The van der Waals surface area contributed by atoms with Crippen LogP contribution in [-0.4, -0.2) is 131 Å². The average molecular weight is 913 g/mol. The number of aliphatic hydroxyl groups excluding tert-OH is 10. The third-order valence-corrected chi connectivity index (χ3v) is 12.0. The monoisotopic (exact) mass is 913 g/mol. The van der Waals surface area contributed by atoms with Crippen molar-refractivity contribution in [2.75, 3.05) is 13.2 Å². The van der Waals surface area contributed by atoms with Crippen LogP contribution in [0.4, 0.5) is 0 Å². The molecule has 0 aromatic rings. The van der Waals surface area contributed by atoms with Gasteiger partial charge in [-0.15, -0.1) is 0 Å². The van der Waals surface area contributed by atoms with E-state index in [4.69, 9.17) is 9.84 Å². The summed E-state index contributed by atoms with van der Waals surface area (Å²) >= 11 is 0. The molecule has 62 heavy (non-hydrogen) atoms. The molecular weight excluding hydrogens is 822 g/mol. The zero-order valence-electron chi connectivity index (χ0n) is 41.4. The van der Waals surface area contributed by atoms with Gasteiger partial charge in [0.2, 0.25) is 0 Å². The molecule has 0 saturated heterocycles. The SMILES string of the molecule is CCCCCCCCCCCCCCCCC(CCCCCCCCCCCCCCCC)(C(=O)OC(=O)[C@H](O)[C@@H](O)[C@H](O)[C@H](O)CO)C(=O)[C@H](O)[C@@H](O)[C@H](O)[C@H](O)CO.[H-].[H-].[Na+].[Na+]. The third kappa shape index (κ3) is 28.6. The van der Waals surface area contributed by atoms with Gasteiger partial charge in [0.05, 0.1) is 13.2 Å². The van der Waals surface area contributed by atoms with E-state index in [0.717, 1.165) is 64.2 Å². The standard InChI is InChI=1S/C46H88O14.2Na.2H/c1-3-5-7-9-11-13-15-17-19-21-23-25-27-29-31-46(43(57)41(55)39(53)37(51)35(49)33-47,45(59)60-44(58)42(56)40(54)38(52)36(50)34-48)32-30-28-26-24-22-20-18-16-14-12-10-8-6-4-2;;;;/h35-42,47-56H,3-34H2,1-2H3;;;;/q;2*+1;2*-1/t35-,36-,37-,38-,39+,40+,41-,42-;;;;/m1..../s1. The second-order valence-corrected chi connectivity index (χ2v) is 17.2.